The quantitative estimate of drug-likeness (QED) is 0.336. The lowest BCUT2D eigenvalue weighted by atomic mass is 9.70. The zero-order chi connectivity index (χ0) is 24.3. The Labute approximate surface area is 210 Å². The number of hydrogen-bond donors (Lipinski definition) is 0. The monoisotopic (exact) mass is 530 g/mol. The van der Waals surface area contributed by atoms with E-state index in [1.165, 1.54) is 0 Å². The number of carbonyl (C=O) groups excluding carboxylic acids is 1. The second kappa shape index (κ2) is 8.02. The molecule has 0 saturated heterocycles. The Hall–Kier alpha value is -3.52. The van der Waals surface area contributed by atoms with Gasteiger partial charge < -0.3 is 9.47 Å². The summed E-state index contributed by atoms with van der Waals surface area (Å²) in [5, 5.41) is 4.69. The molecule has 0 radical (unpaired) electrons. The van der Waals surface area contributed by atoms with E-state index in [1.54, 1.807) is 18.0 Å². The molecule has 0 unspecified atom stereocenters. The standard InChI is InChI=1S/C27H23BrN4O3/c1-27(2)12-19(33)22-20(13-27)35-26-23(21(22)15-8-10-16(34-3)11-9-15)25-30-24(31-32(25)14-29-26)17-6-4-5-7-18(17)28/h4-11,14,21H,12-13H2,1-3H3/t21-/m0/s1. The predicted molar refractivity (Wildman–Crippen MR) is 134 cm³/mol. The summed E-state index contributed by atoms with van der Waals surface area (Å²) in [4.78, 5) is 23.0. The van der Waals surface area contributed by atoms with Gasteiger partial charge in [-0.15, -0.1) is 5.10 Å². The molecule has 1 atom stereocenters. The number of carbonyl (C=O) groups is 1. The minimum Gasteiger partial charge on any atom is -0.497 e. The van der Waals surface area contributed by atoms with Crippen LogP contribution < -0.4 is 9.47 Å². The summed E-state index contributed by atoms with van der Waals surface area (Å²) in [7, 11) is 1.64. The first-order valence-corrected chi connectivity index (χ1v) is 12.2. The molecule has 0 N–H and O–H groups in total. The topological polar surface area (TPSA) is 78.6 Å². The van der Waals surface area contributed by atoms with Crippen molar-refractivity contribution in [1.82, 2.24) is 19.6 Å². The van der Waals surface area contributed by atoms with E-state index >= 15 is 0 Å². The van der Waals surface area contributed by atoms with E-state index in [0.717, 1.165) is 26.9 Å². The number of allylic oxidation sites excluding steroid dienone is 2. The molecule has 0 amide bonds. The van der Waals surface area contributed by atoms with E-state index in [9.17, 15) is 4.79 Å². The zero-order valence-corrected chi connectivity index (χ0v) is 21.2. The lowest BCUT2D eigenvalue weighted by Crippen LogP contribution is -2.33. The van der Waals surface area contributed by atoms with Gasteiger partial charge in [0.25, 0.3) is 0 Å². The molecule has 1 aliphatic carbocycles. The Morgan fingerprint density at radius 2 is 1.89 bits per heavy atom. The molecule has 3 heterocycles. The fourth-order valence-electron chi connectivity index (χ4n) is 5.03. The van der Waals surface area contributed by atoms with Crippen molar-refractivity contribution in [3.8, 4) is 23.0 Å². The Kier molecular flexibility index (Phi) is 5.03. The number of ketones is 1. The minimum absolute atomic E-state index is 0.0928. The van der Waals surface area contributed by atoms with Crippen LogP contribution in [0.1, 0.15) is 43.7 Å². The van der Waals surface area contributed by atoms with Crippen molar-refractivity contribution >= 4 is 27.4 Å². The van der Waals surface area contributed by atoms with Crippen LogP contribution in [0.2, 0.25) is 0 Å². The van der Waals surface area contributed by atoms with Crippen LogP contribution >= 0.6 is 15.9 Å². The Morgan fingerprint density at radius 1 is 1.11 bits per heavy atom. The molecule has 0 fully saturated rings. The first-order valence-electron chi connectivity index (χ1n) is 11.4. The van der Waals surface area contributed by atoms with Crippen LogP contribution in [0.15, 0.2) is 70.7 Å². The smallest absolute Gasteiger partial charge is 0.228 e. The molecule has 7 nitrogen and oxygen atoms in total. The molecule has 6 rings (SSSR count). The summed E-state index contributed by atoms with van der Waals surface area (Å²) in [5.41, 5.74) is 3.70. The van der Waals surface area contributed by atoms with Crippen molar-refractivity contribution in [2.45, 2.75) is 32.6 Å². The van der Waals surface area contributed by atoms with Crippen molar-refractivity contribution in [3.05, 3.63) is 81.8 Å². The highest BCUT2D eigenvalue weighted by molar-refractivity contribution is 9.10. The summed E-state index contributed by atoms with van der Waals surface area (Å²) in [5.74, 6) is 2.21. The number of methoxy groups -OCH3 is 1. The average Bonchev–Trinajstić information content (AvgIpc) is 3.26. The molecule has 2 aromatic heterocycles. The number of benzene rings is 2. The van der Waals surface area contributed by atoms with E-state index < -0.39 is 0 Å². The van der Waals surface area contributed by atoms with Crippen LogP contribution in [0, 0.1) is 5.41 Å². The van der Waals surface area contributed by atoms with Crippen LogP contribution in [0.5, 0.6) is 11.6 Å². The van der Waals surface area contributed by atoms with Crippen molar-refractivity contribution < 1.29 is 14.3 Å². The number of Topliss-reactive ketones (excluding diaryl/α,β-unsaturated/α-hetero) is 1. The molecule has 0 bridgehead atoms. The third kappa shape index (κ3) is 3.63. The summed E-state index contributed by atoms with van der Waals surface area (Å²) >= 11 is 3.60. The fraction of sp³-hybridized carbons (Fsp3) is 0.259. The van der Waals surface area contributed by atoms with Gasteiger partial charge in [0.1, 0.15) is 17.8 Å². The molecule has 2 aliphatic rings. The van der Waals surface area contributed by atoms with Crippen LogP contribution in [0.25, 0.3) is 17.0 Å². The Bertz CT molecular complexity index is 1520. The highest BCUT2D eigenvalue weighted by atomic mass is 79.9. The minimum atomic E-state index is -0.365. The van der Waals surface area contributed by atoms with Crippen molar-refractivity contribution in [2.24, 2.45) is 5.41 Å². The first kappa shape index (κ1) is 22.0. The third-order valence-electron chi connectivity index (χ3n) is 6.63. The van der Waals surface area contributed by atoms with E-state index in [0.29, 0.717) is 41.5 Å². The summed E-state index contributed by atoms with van der Waals surface area (Å²) < 4.78 is 14.2. The zero-order valence-electron chi connectivity index (χ0n) is 19.6. The molecular weight excluding hydrogens is 508 g/mol. The van der Waals surface area contributed by atoms with Gasteiger partial charge in [0.2, 0.25) is 5.88 Å². The first-order chi connectivity index (χ1) is 16.8. The maximum absolute atomic E-state index is 13.5. The van der Waals surface area contributed by atoms with Crippen molar-refractivity contribution in [3.63, 3.8) is 0 Å². The lowest BCUT2D eigenvalue weighted by molar-refractivity contribution is -0.118. The SMILES string of the molecule is COc1ccc([C@H]2C3=C(CC(C)(C)CC3=O)Oc3ncn4nc(-c5ccccc5Br)nc4c32)cc1. The van der Waals surface area contributed by atoms with E-state index in [1.807, 2.05) is 48.5 Å². The molecule has 0 saturated carbocycles. The van der Waals surface area contributed by atoms with Gasteiger partial charge >= 0.3 is 0 Å². The Morgan fingerprint density at radius 3 is 2.63 bits per heavy atom. The number of hydrogen-bond acceptors (Lipinski definition) is 6. The summed E-state index contributed by atoms with van der Waals surface area (Å²) in [6.45, 7) is 4.18. The van der Waals surface area contributed by atoms with Crippen LogP contribution in [-0.4, -0.2) is 32.5 Å². The maximum atomic E-state index is 13.5. The second-order valence-corrected chi connectivity index (χ2v) is 10.6. The van der Waals surface area contributed by atoms with Crippen molar-refractivity contribution in [2.75, 3.05) is 7.11 Å². The largest absolute Gasteiger partial charge is 0.497 e. The number of ether oxygens (including phenoxy) is 2. The summed E-state index contributed by atoms with van der Waals surface area (Å²) in [6.07, 6.45) is 2.75. The normalized spacial score (nSPS) is 18.7. The third-order valence-corrected chi connectivity index (χ3v) is 7.32. The van der Waals surface area contributed by atoms with Gasteiger partial charge in [-0.2, -0.15) is 0 Å². The van der Waals surface area contributed by atoms with Gasteiger partial charge in [0, 0.05) is 34.4 Å². The van der Waals surface area contributed by atoms with Gasteiger partial charge in [-0.3, -0.25) is 4.79 Å². The van der Waals surface area contributed by atoms with E-state index in [4.69, 9.17) is 19.6 Å². The maximum Gasteiger partial charge on any atom is 0.228 e. The van der Waals surface area contributed by atoms with E-state index in [2.05, 4.69) is 34.8 Å². The number of rotatable bonds is 3. The van der Waals surface area contributed by atoms with Gasteiger partial charge in [0.15, 0.2) is 17.3 Å². The van der Waals surface area contributed by atoms with Crippen molar-refractivity contribution in [1.29, 1.82) is 0 Å². The van der Waals surface area contributed by atoms with E-state index in [-0.39, 0.29) is 17.1 Å². The number of nitrogens with zero attached hydrogens (tertiary/aromatic N) is 4. The predicted octanol–water partition coefficient (Wildman–Crippen LogP) is 5.73. The highest BCUT2D eigenvalue weighted by Gasteiger charge is 2.44. The molecule has 1 aliphatic heterocycles. The Balaban J connectivity index is 1.60. The summed E-state index contributed by atoms with van der Waals surface area (Å²) in [6, 6.07) is 15.6. The van der Waals surface area contributed by atoms with Crippen LogP contribution in [0.4, 0.5) is 0 Å². The number of fused-ring (bicyclic) bond motifs is 3. The molecule has 2 aromatic carbocycles. The molecule has 0 spiro atoms. The van der Waals surface area contributed by atoms with Gasteiger partial charge in [-0.05, 0) is 35.2 Å². The number of halogens is 1. The van der Waals surface area contributed by atoms with Crippen LogP contribution in [-0.2, 0) is 4.79 Å². The van der Waals surface area contributed by atoms with Crippen LogP contribution in [0.3, 0.4) is 0 Å². The van der Waals surface area contributed by atoms with Gasteiger partial charge in [-0.1, -0.05) is 54.0 Å². The second-order valence-electron chi connectivity index (χ2n) is 9.73. The van der Waals surface area contributed by atoms with Gasteiger partial charge in [0.05, 0.1) is 12.7 Å². The molecular formula is C27H23BrN4O3. The molecule has 4 aromatic rings. The molecule has 35 heavy (non-hydrogen) atoms. The number of aromatic nitrogens is 4. The molecule has 176 valence electrons. The highest BCUT2D eigenvalue weighted by Crippen LogP contribution is 2.50. The average molecular weight is 531 g/mol. The van der Waals surface area contributed by atoms with Gasteiger partial charge in [-0.25, -0.2) is 14.5 Å². The molecule has 8 heteroatoms. The lowest BCUT2D eigenvalue weighted by Gasteiger charge is -2.37. The fourth-order valence-corrected chi connectivity index (χ4v) is 5.49.